The Labute approximate surface area is 170 Å². The fourth-order valence-electron chi connectivity index (χ4n) is 3.63. The SMILES string of the molecule is CC(C)(C)[Si](O)(c1ccccc1)c1ccccc1Cc1cc(F)cc(Br)c1. The molecule has 0 bridgehead atoms. The monoisotopic (exact) mass is 442 g/mol. The van der Waals surface area contributed by atoms with E-state index in [0.717, 1.165) is 26.0 Å². The molecule has 1 N–H and O–H groups in total. The maximum absolute atomic E-state index is 13.8. The van der Waals surface area contributed by atoms with E-state index in [1.807, 2.05) is 60.7 Å². The van der Waals surface area contributed by atoms with Gasteiger partial charge in [-0.1, -0.05) is 91.3 Å². The highest BCUT2D eigenvalue weighted by Gasteiger charge is 2.48. The van der Waals surface area contributed by atoms with E-state index in [0.29, 0.717) is 6.42 Å². The van der Waals surface area contributed by atoms with Crippen LogP contribution >= 0.6 is 15.9 Å². The van der Waals surface area contributed by atoms with Gasteiger partial charge in [-0.2, -0.15) is 0 Å². The van der Waals surface area contributed by atoms with Crippen LogP contribution in [0.5, 0.6) is 0 Å². The number of hydrogen-bond acceptors (Lipinski definition) is 1. The average Bonchev–Trinajstić information content (AvgIpc) is 2.60. The molecule has 1 nitrogen and oxygen atoms in total. The summed E-state index contributed by atoms with van der Waals surface area (Å²) in [5, 5.41) is 1.68. The predicted molar refractivity (Wildman–Crippen MR) is 117 cm³/mol. The van der Waals surface area contributed by atoms with E-state index in [1.54, 1.807) is 6.07 Å². The minimum absolute atomic E-state index is 0.261. The van der Waals surface area contributed by atoms with Crippen molar-refractivity contribution in [1.29, 1.82) is 0 Å². The van der Waals surface area contributed by atoms with Crippen LogP contribution in [0.3, 0.4) is 0 Å². The second-order valence-electron chi connectivity index (χ2n) is 7.94. The number of hydrogen-bond donors (Lipinski definition) is 1. The maximum atomic E-state index is 13.8. The van der Waals surface area contributed by atoms with Crippen LogP contribution in [0.15, 0.2) is 77.3 Å². The molecule has 27 heavy (non-hydrogen) atoms. The van der Waals surface area contributed by atoms with E-state index < -0.39 is 8.32 Å². The first-order valence-corrected chi connectivity index (χ1v) is 11.8. The molecule has 3 aromatic carbocycles. The molecule has 0 amide bonds. The molecule has 0 saturated heterocycles. The van der Waals surface area contributed by atoms with Crippen LogP contribution < -0.4 is 10.4 Å². The van der Waals surface area contributed by atoms with E-state index >= 15 is 0 Å². The van der Waals surface area contributed by atoms with Crippen LogP contribution in [0.4, 0.5) is 4.39 Å². The summed E-state index contributed by atoms with van der Waals surface area (Å²) in [5.74, 6) is -0.261. The lowest BCUT2D eigenvalue weighted by atomic mass is 10.0. The van der Waals surface area contributed by atoms with Crippen molar-refractivity contribution in [2.24, 2.45) is 0 Å². The zero-order chi connectivity index (χ0) is 19.7. The van der Waals surface area contributed by atoms with Crippen molar-refractivity contribution in [1.82, 2.24) is 0 Å². The van der Waals surface area contributed by atoms with Gasteiger partial charge in [-0.05, 0) is 51.2 Å². The van der Waals surface area contributed by atoms with Gasteiger partial charge in [0.25, 0.3) is 8.32 Å². The van der Waals surface area contributed by atoms with Gasteiger partial charge < -0.3 is 4.80 Å². The lowest BCUT2D eigenvalue weighted by molar-refractivity contribution is 0.504. The molecule has 0 aliphatic carbocycles. The molecule has 3 aromatic rings. The Balaban J connectivity index is 2.15. The van der Waals surface area contributed by atoms with Crippen LogP contribution in [-0.4, -0.2) is 13.1 Å². The van der Waals surface area contributed by atoms with Gasteiger partial charge in [0, 0.05) is 4.47 Å². The largest absolute Gasteiger partial charge is 0.424 e. The van der Waals surface area contributed by atoms with Gasteiger partial charge in [-0.25, -0.2) is 4.39 Å². The number of halogens is 2. The summed E-state index contributed by atoms with van der Waals surface area (Å²) in [7, 11) is -3.03. The third-order valence-corrected chi connectivity index (χ3v) is 10.1. The average molecular weight is 443 g/mol. The van der Waals surface area contributed by atoms with Gasteiger partial charge in [0.2, 0.25) is 0 Å². The van der Waals surface area contributed by atoms with Crippen molar-refractivity contribution in [3.8, 4) is 0 Å². The van der Waals surface area contributed by atoms with Crippen molar-refractivity contribution < 1.29 is 9.19 Å². The quantitative estimate of drug-likeness (QED) is 0.561. The molecule has 0 fully saturated rings. The lowest BCUT2D eigenvalue weighted by Crippen LogP contribution is -2.65. The third-order valence-electron chi connectivity index (χ3n) is 5.00. The van der Waals surface area contributed by atoms with Gasteiger partial charge >= 0.3 is 0 Å². The Morgan fingerprint density at radius 2 is 1.56 bits per heavy atom. The molecule has 0 aromatic heterocycles. The normalized spacial score (nSPS) is 14.0. The second kappa shape index (κ2) is 7.70. The minimum Gasteiger partial charge on any atom is -0.424 e. The molecule has 3 rings (SSSR count). The molecule has 4 heteroatoms. The standard InChI is InChI=1S/C23H24BrFOSi/c1-23(2,3)27(26,21-10-5-4-6-11-21)22-12-8-7-9-18(22)13-17-14-19(24)16-20(25)15-17/h4-12,14-16,26H,13H2,1-3H3. The maximum Gasteiger partial charge on any atom is 0.258 e. The summed E-state index contributed by atoms with van der Waals surface area (Å²) in [4.78, 5) is 12.1. The molecule has 1 unspecified atom stereocenters. The lowest BCUT2D eigenvalue weighted by Gasteiger charge is -2.39. The Kier molecular flexibility index (Phi) is 5.70. The smallest absolute Gasteiger partial charge is 0.258 e. The molecule has 1 atom stereocenters. The van der Waals surface area contributed by atoms with E-state index in [9.17, 15) is 9.19 Å². The molecule has 0 aliphatic rings. The van der Waals surface area contributed by atoms with Crippen molar-refractivity contribution in [2.75, 3.05) is 0 Å². The topological polar surface area (TPSA) is 20.2 Å². The highest BCUT2D eigenvalue weighted by atomic mass is 79.9. The van der Waals surface area contributed by atoms with Gasteiger partial charge in [0.1, 0.15) is 5.82 Å². The van der Waals surface area contributed by atoms with Crippen molar-refractivity contribution in [3.63, 3.8) is 0 Å². The zero-order valence-electron chi connectivity index (χ0n) is 15.8. The molecular weight excluding hydrogens is 419 g/mol. The summed E-state index contributed by atoms with van der Waals surface area (Å²) in [6.07, 6.45) is 0.574. The first-order valence-electron chi connectivity index (χ1n) is 9.03. The summed E-state index contributed by atoms with van der Waals surface area (Å²) in [6, 6.07) is 23.0. The molecule has 0 aliphatic heterocycles. The van der Waals surface area contributed by atoms with Crippen molar-refractivity contribution >= 4 is 34.6 Å². The Hall–Kier alpha value is -1.75. The first kappa shape index (κ1) is 20.0. The van der Waals surface area contributed by atoms with E-state index in [2.05, 4.69) is 36.7 Å². The minimum atomic E-state index is -3.03. The van der Waals surface area contributed by atoms with Crippen molar-refractivity contribution in [3.05, 3.63) is 94.2 Å². The van der Waals surface area contributed by atoms with Crippen molar-refractivity contribution in [2.45, 2.75) is 32.2 Å². The van der Waals surface area contributed by atoms with E-state index in [-0.39, 0.29) is 10.9 Å². The summed E-state index contributed by atoms with van der Waals surface area (Å²) in [5.41, 5.74) is 1.93. The summed E-state index contributed by atoms with van der Waals surface area (Å²) < 4.78 is 14.6. The summed E-state index contributed by atoms with van der Waals surface area (Å²) in [6.45, 7) is 6.30. The molecule has 140 valence electrons. The van der Waals surface area contributed by atoms with Gasteiger partial charge in [0.05, 0.1) is 0 Å². The Morgan fingerprint density at radius 1 is 0.926 bits per heavy atom. The Bertz CT molecular complexity index is 916. The molecule has 0 spiro atoms. The molecule has 0 radical (unpaired) electrons. The van der Waals surface area contributed by atoms with Gasteiger partial charge in [0.15, 0.2) is 0 Å². The van der Waals surface area contributed by atoms with Gasteiger partial charge in [-0.15, -0.1) is 0 Å². The zero-order valence-corrected chi connectivity index (χ0v) is 18.4. The van der Waals surface area contributed by atoms with Gasteiger partial charge in [-0.3, -0.25) is 0 Å². The van der Waals surface area contributed by atoms with E-state index in [1.165, 1.54) is 6.07 Å². The second-order valence-corrected chi connectivity index (χ2v) is 12.9. The molecule has 0 saturated carbocycles. The molecular formula is C23H24BrFOSi. The number of benzene rings is 3. The molecule has 0 heterocycles. The highest BCUT2D eigenvalue weighted by molar-refractivity contribution is 9.10. The first-order chi connectivity index (χ1) is 12.7. The van der Waals surface area contributed by atoms with E-state index in [4.69, 9.17) is 0 Å². The van der Waals surface area contributed by atoms with Crippen LogP contribution in [0, 0.1) is 5.82 Å². The predicted octanol–water partition coefficient (Wildman–Crippen LogP) is 5.03. The third kappa shape index (κ3) is 4.08. The Morgan fingerprint density at radius 3 is 2.19 bits per heavy atom. The fraction of sp³-hybridized carbons (Fsp3) is 0.217. The number of rotatable bonds is 4. The van der Waals surface area contributed by atoms with Crippen LogP contribution in [0.25, 0.3) is 0 Å². The highest BCUT2D eigenvalue weighted by Crippen LogP contribution is 2.34. The van der Waals surface area contributed by atoms with Crippen LogP contribution in [0.2, 0.25) is 5.04 Å². The van der Waals surface area contributed by atoms with Crippen LogP contribution in [0.1, 0.15) is 31.9 Å². The fourth-order valence-corrected chi connectivity index (χ4v) is 7.78. The van der Waals surface area contributed by atoms with Crippen LogP contribution in [-0.2, 0) is 6.42 Å². The summed E-state index contributed by atoms with van der Waals surface area (Å²) >= 11 is 3.37.